The highest BCUT2D eigenvalue weighted by Gasteiger charge is 2.51. The maximum atomic E-state index is 12.9. The van der Waals surface area contributed by atoms with E-state index >= 15 is 0 Å². The lowest BCUT2D eigenvalue weighted by atomic mass is 10.1. The van der Waals surface area contributed by atoms with Crippen LogP contribution in [0.2, 0.25) is 0 Å². The second-order valence-corrected chi connectivity index (χ2v) is 7.57. The summed E-state index contributed by atoms with van der Waals surface area (Å²) in [6, 6.07) is 9.55. The van der Waals surface area contributed by atoms with Gasteiger partial charge in [0.2, 0.25) is 0 Å². The first-order valence-corrected chi connectivity index (χ1v) is 9.95. The molecule has 3 aliphatic rings. The molecule has 4 rings (SSSR count). The van der Waals surface area contributed by atoms with Crippen LogP contribution in [-0.2, 0) is 9.53 Å². The van der Waals surface area contributed by atoms with Crippen molar-refractivity contribution in [3.8, 4) is 0 Å². The van der Waals surface area contributed by atoms with E-state index in [9.17, 15) is 9.59 Å². The van der Waals surface area contributed by atoms with Gasteiger partial charge in [0.1, 0.15) is 0 Å². The predicted molar refractivity (Wildman–Crippen MR) is 110 cm³/mol. The molecule has 1 aromatic carbocycles. The minimum atomic E-state index is -0.500. The number of urea groups is 1. The molecule has 2 fully saturated rings. The van der Waals surface area contributed by atoms with Gasteiger partial charge in [-0.2, -0.15) is 0 Å². The molecule has 0 radical (unpaired) electrons. The molecule has 0 N–H and O–H groups in total. The number of methoxy groups -OCH3 is 1. The van der Waals surface area contributed by atoms with E-state index in [0.717, 1.165) is 32.1 Å². The number of likely N-dealkylation sites (N-methyl/N-ethyl adjacent to an activating group) is 2. The average Bonchev–Trinajstić information content (AvgIpc) is 3.15. The molecule has 2 unspecified atom stereocenters. The zero-order chi connectivity index (χ0) is 20.5. The number of guanidine groups is 1. The van der Waals surface area contributed by atoms with Gasteiger partial charge in [0.15, 0.2) is 18.2 Å². The van der Waals surface area contributed by atoms with Gasteiger partial charge < -0.3 is 24.3 Å². The van der Waals surface area contributed by atoms with Gasteiger partial charge in [0, 0.05) is 59.6 Å². The van der Waals surface area contributed by atoms with Gasteiger partial charge in [-0.3, -0.25) is 9.69 Å². The SMILES string of the molecule is COCCN1C(N2CCN(c3ccccc3)CC2)=NC2C1C(=O)N(C)C(=O)N2C. The van der Waals surface area contributed by atoms with E-state index in [1.54, 1.807) is 19.1 Å². The minimum Gasteiger partial charge on any atom is -0.383 e. The van der Waals surface area contributed by atoms with E-state index in [0.29, 0.717) is 13.2 Å². The van der Waals surface area contributed by atoms with Crippen LogP contribution in [-0.4, -0.2) is 110 Å². The van der Waals surface area contributed by atoms with Gasteiger partial charge >= 0.3 is 6.03 Å². The lowest BCUT2D eigenvalue weighted by Gasteiger charge is -2.42. The molecule has 0 spiro atoms. The first-order chi connectivity index (χ1) is 14.0. The van der Waals surface area contributed by atoms with Crippen molar-refractivity contribution in [1.29, 1.82) is 0 Å². The number of benzene rings is 1. The molecule has 3 heterocycles. The monoisotopic (exact) mass is 400 g/mol. The van der Waals surface area contributed by atoms with Gasteiger partial charge in [-0.15, -0.1) is 0 Å². The fourth-order valence-corrected chi connectivity index (χ4v) is 4.25. The lowest BCUT2D eigenvalue weighted by Crippen LogP contribution is -2.65. The fourth-order valence-electron chi connectivity index (χ4n) is 4.25. The predicted octanol–water partition coefficient (Wildman–Crippen LogP) is 0.345. The van der Waals surface area contributed by atoms with Gasteiger partial charge in [-0.05, 0) is 12.1 Å². The van der Waals surface area contributed by atoms with Crippen molar-refractivity contribution in [2.24, 2.45) is 4.99 Å². The molecule has 0 aliphatic carbocycles. The highest BCUT2D eigenvalue weighted by Crippen LogP contribution is 2.28. The summed E-state index contributed by atoms with van der Waals surface area (Å²) in [5, 5.41) is 0. The number of anilines is 1. The van der Waals surface area contributed by atoms with Crippen LogP contribution in [0.3, 0.4) is 0 Å². The summed E-state index contributed by atoms with van der Waals surface area (Å²) in [6.45, 7) is 4.40. The van der Waals surface area contributed by atoms with Crippen LogP contribution in [0.25, 0.3) is 0 Å². The van der Waals surface area contributed by atoms with Crippen molar-refractivity contribution in [2.75, 3.05) is 65.4 Å². The van der Waals surface area contributed by atoms with Crippen molar-refractivity contribution >= 4 is 23.6 Å². The van der Waals surface area contributed by atoms with Crippen molar-refractivity contribution in [3.63, 3.8) is 0 Å². The van der Waals surface area contributed by atoms with E-state index in [4.69, 9.17) is 9.73 Å². The summed E-state index contributed by atoms with van der Waals surface area (Å²) in [6.07, 6.45) is -0.495. The molecule has 0 aromatic heterocycles. The number of ether oxygens (including phenoxy) is 1. The average molecular weight is 400 g/mol. The largest absolute Gasteiger partial charge is 0.383 e. The van der Waals surface area contributed by atoms with Gasteiger partial charge in [-0.25, -0.2) is 9.79 Å². The highest BCUT2D eigenvalue weighted by molar-refractivity contribution is 6.03. The second-order valence-electron chi connectivity index (χ2n) is 7.57. The Hall–Kier alpha value is -2.81. The maximum absolute atomic E-state index is 12.9. The zero-order valence-corrected chi connectivity index (χ0v) is 17.2. The number of fused-ring (bicyclic) bond motifs is 1. The van der Waals surface area contributed by atoms with Gasteiger partial charge in [0.25, 0.3) is 5.91 Å². The molecule has 9 heteroatoms. The van der Waals surface area contributed by atoms with Crippen LogP contribution in [0.1, 0.15) is 0 Å². The Kier molecular flexibility index (Phi) is 5.31. The van der Waals surface area contributed by atoms with Crippen molar-refractivity contribution in [1.82, 2.24) is 19.6 Å². The Balaban J connectivity index is 1.54. The highest BCUT2D eigenvalue weighted by atomic mass is 16.5. The number of para-hydroxylation sites is 1. The van der Waals surface area contributed by atoms with Gasteiger partial charge in [-0.1, -0.05) is 18.2 Å². The Morgan fingerprint density at radius 2 is 1.69 bits per heavy atom. The molecule has 1 aromatic rings. The number of hydrogen-bond donors (Lipinski definition) is 0. The summed E-state index contributed by atoms with van der Waals surface area (Å²) in [4.78, 5) is 39.4. The Labute approximate surface area is 171 Å². The molecule has 3 aliphatic heterocycles. The third-order valence-electron chi connectivity index (χ3n) is 5.91. The maximum Gasteiger partial charge on any atom is 0.328 e. The molecular formula is C20H28N6O3. The van der Waals surface area contributed by atoms with Crippen molar-refractivity contribution in [3.05, 3.63) is 30.3 Å². The summed E-state index contributed by atoms with van der Waals surface area (Å²) in [7, 11) is 4.88. The lowest BCUT2D eigenvalue weighted by molar-refractivity contribution is -0.136. The number of aliphatic imine (C=N–C) groups is 1. The third kappa shape index (κ3) is 3.39. The molecule has 9 nitrogen and oxygen atoms in total. The van der Waals surface area contributed by atoms with Crippen molar-refractivity contribution < 1.29 is 14.3 Å². The first-order valence-electron chi connectivity index (χ1n) is 9.95. The number of piperazine rings is 1. The van der Waals surface area contributed by atoms with Crippen LogP contribution < -0.4 is 4.90 Å². The van der Waals surface area contributed by atoms with E-state index in [1.807, 2.05) is 11.0 Å². The van der Waals surface area contributed by atoms with Crippen LogP contribution in [0, 0.1) is 0 Å². The van der Waals surface area contributed by atoms with Crippen LogP contribution in [0.5, 0.6) is 0 Å². The Morgan fingerprint density at radius 1 is 1.03 bits per heavy atom. The molecule has 3 amide bonds. The van der Waals surface area contributed by atoms with E-state index in [1.165, 1.54) is 17.6 Å². The van der Waals surface area contributed by atoms with Crippen molar-refractivity contribution in [2.45, 2.75) is 12.2 Å². The quantitative estimate of drug-likeness (QED) is 0.726. The van der Waals surface area contributed by atoms with E-state index in [-0.39, 0.29) is 11.9 Å². The summed E-state index contributed by atoms with van der Waals surface area (Å²) < 4.78 is 5.28. The third-order valence-corrected chi connectivity index (χ3v) is 5.91. The molecule has 29 heavy (non-hydrogen) atoms. The summed E-state index contributed by atoms with van der Waals surface area (Å²) >= 11 is 0. The van der Waals surface area contributed by atoms with Gasteiger partial charge in [0.05, 0.1) is 6.61 Å². The Bertz CT molecular complexity index is 793. The molecule has 2 atom stereocenters. The number of rotatable bonds is 4. The Morgan fingerprint density at radius 3 is 2.34 bits per heavy atom. The van der Waals surface area contributed by atoms with Crippen LogP contribution >= 0.6 is 0 Å². The number of carbonyl (C=O) groups is 2. The first kappa shape index (κ1) is 19.5. The number of carbonyl (C=O) groups excluding carboxylic acids is 2. The smallest absolute Gasteiger partial charge is 0.328 e. The number of hydrogen-bond acceptors (Lipinski definition) is 7. The molecule has 0 bridgehead atoms. The molecule has 156 valence electrons. The number of amides is 3. The van der Waals surface area contributed by atoms with E-state index < -0.39 is 12.2 Å². The van der Waals surface area contributed by atoms with Crippen LogP contribution in [0.15, 0.2) is 35.3 Å². The molecular weight excluding hydrogens is 372 g/mol. The standard InChI is InChI=1S/C20H28N6O3/c1-22-17-16(18(27)23(2)20(22)28)26(13-14-29-3)19(21-17)25-11-9-24(10-12-25)15-7-5-4-6-8-15/h4-8,16-17H,9-14H2,1-3H3. The topological polar surface area (TPSA) is 71.9 Å². The molecule has 0 saturated carbocycles. The normalized spacial score (nSPS) is 24.9. The molecule has 2 saturated heterocycles. The minimum absolute atomic E-state index is 0.212. The zero-order valence-electron chi connectivity index (χ0n) is 17.2. The van der Waals surface area contributed by atoms with Crippen LogP contribution in [0.4, 0.5) is 10.5 Å². The number of imide groups is 1. The summed E-state index contributed by atoms with van der Waals surface area (Å²) in [5.41, 5.74) is 1.22. The van der Waals surface area contributed by atoms with E-state index in [2.05, 4.69) is 34.1 Å². The fraction of sp³-hybridized carbons (Fsp3) is 0.550. The number of nitrogens with zero attached hydrogens (tertiary/aromatic N) is 6. The summed E-state index contributed by atoms with van der Waals surface area (Å²) in [5.74, 6) is 0.573. The second kappa shape index (κ2) is 7.90.